The number of hydrogen-bond acceptors (Lipinski definition) is 4. The van der Waals surface area contributed by atoms with E-state index < -0.39 is 9.84 Å². The second-order valence-electron chi connectivity index (χ2n) is 5.28. The topological polar surface area (TPSA) is 74.0 Å². The normalized spacial score (nSPS) is 11.4. The molecule has 122 valence electrons. The van der Waals surface area contributed by atoms with Crippen LogP contribution >= 0.6 is 11.6 Å². The van der Waals surface area contributed by atoms with E-state index in [-0.39, 0.29) is 4.90 Å². The van der Waals surface area contributed by atoms with Crippen molar-refractivity contribution in [3.63, 3.8) is 0 Å². The minimum Gasteiger partial charge on any atom is -0.594 e. The highest BCUT2D eigenvalue weighted by Crippen LogP contribution is 2.30. The van der Waals surface area contributed by atoms with E-state index >= 15 is 0 Å². The van der Waals surface area contributed by atoms with Crippen molar-refractivity contribution in [2.75, 3.05) is 6.26 Å². The molecular formula is C17H13ClN2O3S. The maximum absolute atomic E-state index is 11.6. The zero-order chi connectivity index (χ0) is 17.3. The number of aromatic nitrogens is 2. The van der Waals surface area contributed by atoms with Crippen molar-refractivity contribution in [1.82, 2.24) is 5.10 Å². The van der Waals surface area contributed by atoms with Crippen LogP contribution in [0.25, 0.3) is 22.4 Å². The maximum atomic E-state index is 11.6. The number of sulfone groups is 1. The third-order valence-corrected chi connectivity index (χ3v) is 4.91. The molecule has 3 rings (SSSR count). The average molecular weight is 361 g/mol. The molecule has 0 atom stereocenters. The van der Waals surface area contributed by atoms with Gasteiger partial charge in [0.1, 0.15) is 5.69 Å². The van der Waals surface area contributed by atoms with Gasteiger partial charge in [0.15, 0.2) is 9.84 Å². The van der Waals surface area contributed by atoms with Crippen molar-refractivity contribution in [2.45, 2.75) is 4.90 Å². The lowest BCUT2D eigenvalue weighted by atomic mass is 10.0. The lowest BCUT2D eigenvalue weighted by Gasteiger charge is -2.08. The van der Waals surface area contributed by atoms with Crippen LogP contribution in [0.2, 0.25) is 5.02 Å². The molecule has 3 aromatic rings. The van der Waals surface area contributed by atoms with E-state index in [0.717, 1.165) is 17.4 Å². The summed E-state index contributed by atoms with van der Waals surface area (Å²) in [5, 5.41) is 16.2. The predicted octanol–water partition coefficient (Wildman–Crippen LogP) is 3.11. The minimum atomic E-state index is -3.28. The molecule has 0 aliphatic rings. The summed E-state index contributed by atoms with van der Waals surface area (Å²) in [6, 6.07) is 15.1. The quantitative estimate of drug-likeness (QED) is 0.531. The summed E-state index contributed by atoms with van der Waals surface area (Å²) in [7, 11) is -3.28. The summed E-state index contributed by atoms with van der Waals surface area (Å²) in [5.41, 5.74) is 2.73. The summed E-state index contributed by atoms with van der Waals surface area (Å²) >= 11 is 5.91. The van der Waals surface area contributed by atoms with E-state index in [2.05, 4.69) is 5.10 Å². The molecule has 0 fully saturated rings. The second kappa shape index (κ2) is 6.22. The molecule has 0 N–H and O–H groups in total. The van der Waals surface area contributed by atoms with E-state index in [1.807, 2.05) is 12.1 Å². The Balaban J connectivity index is 2.13. The number of nitrogens with zero attached hydrogens (tertiary/aromatic N) is 2. The van der Waals surface area contributed by atoms with Crippen LogP contribution in [0, 0.1) is 5.21 Å². The first-order valence-electron chi connectivity index (χ1n) is 7.01. The van der Waals surface area contributed by atoms with Crippen LogP contribution in [0.1, 0.15) is 0 Å². The Morgan fingerprint density at radius 3 is 2.12 bits per heavy atom. The monoisotopic (exact) mass is 360 g/mol. The fourth-order valence-electron chi connectivity index (χ4n) is 2.34. The molecule has 7 heteroatoms. The molecule has 2 aromatic carbocycles. The number of halogens is 1. The third kappa shape index (κ3) is 3.39. The Kier molecular flexibility index (Phi) is 4.26. The SMILES string of the molecule is CS(=O)(=O)c1ccc(-c2n[n+]([O-])ccc2-c2ccc(Cl)cc2)cc1. The van der Waals surface area contributed by atoms with Gasteiger partial charge in [-0.25, -0.2) is 8.42 Å². The van der Waals surface area contributed by atoms with Gasteiger partial charge in [0, 0.05) is 33.6 Å². The summed E-state index contributed by atoms with van der Waals surface area (Å²) in [6.07, 6.45) is 2.46. The van der Waals surface area contributed by atoms with Gasteiger partial charge in [0.2, 0.25) is 6.20 Å². The van der Waals surface area contributed by atoms with Crippen LogP contribution in [0.5, 0.6) is 0 Å². The molecule has 0 aliphatic heterocycles. The second-order valence-corrected chi connectivity index (χ2v) is 7.74. The van der Waals surface area contributed by atoms with Crippen molar-refractivity contribution in [3.8, 4) is 22.4 Å². The van der Waals surface area contributed by atoms with E-state index in [0.29, 0.717) is 21.1 Å². The van der Waals surface area contributed by atoms with Crippen molar-refractivity contribution in [2.24, 2.45) is 0 Å². The third-order valence-electron chi connectivity index (χ3n) is 3.53. The highest BCUT2D eigenvalue weighted by molar-refractivity contribution is 7.90. The van der Waals surface area contributed by atoms with Gasteiger partial charge in [-0.2, -0.15) is 0 Å². The fraction of sp³-hybridized carbons (Fsp3) is 0.0588. The van der Waals surface area contributed by atoms with E-state index in [1.54, 1.807) is 30.3 Å². The molecule has 0 radical (unpaired) electrons. The van der Waals surface area contributed by atoms with Gasteiger partial charge in [-0.1, -0.05) is 40.7 Å². The lowest BCUT2D eigenvalue weighted by molar-refractivity contribution is -0.668. The zero-order valence-electron chi connectivity index (χ0n) is 12.7. The summed E-state index contributed by atoms with van der Waals surface area (Å²) < 4.78 is 23.1. The zero-order valence-corrected chi connectivity index (χ0v) is 14.3. The first-order valence-corrected chi connectivity index (χ1v) is 9.28. The number of hydrogen-bond donors (Lipinski definition) is 0. The molecule has 0 unspecified atom stereocenters. The molecule has 0 saturated carbocycles. The van der Waals surface area contributed by atoms with Gasteiger partial charge in [-0.05, 0) is 29.8 Å². The summed E-state index contributed by atoms with van der Waals surface area (Å²) in [6.45, 7) is 0. The first kappa shape index (κ1) is 16.4. The van der Waals surface area contributed by atoms with Gasteiger partial charge < -0.3 is 5.21 Å². The molecule has 0 saturated heterocycles. The lowest BCUT2D eigenvalue weighted by Crippen LogP contribution is -2.30. The van der Waals surface area contributed by atoms with Crippen molar-refractivity contribution in [3.05, 3.63) is 71.0 Å². The van der Waals surface area contributed by atoms with Gasteiger partial charge in [-0.15, -0.1) is 0 Å². The maximum Gasteiger partial charge on any atom is 0.210 e. The van der Waals surface area contributed by atoms with Crippen LogP contribution in [0.4, 0.5) is 0 Å². The predicted molar refractivity (Wildman–Crippen MR) is 92.2 cm³/mol. The Morgan fingerprint density at radius 1 is 0.958 bits per heavy atom. The standard InChI is InChI=1S/C17H13ClN2O3S/c1-24(22,23)15-8-4-13(5-9-15)17-16(10-11-20(21)19-17)12-2-6-14(18)7-3-12/h2-11H,1H3. The molecule has 1 aromatic heterocycles. The van der Waals surface area contributed by atoms with Crippen molar-refractivity contribution in [1.29, 1.82) is 0 Å². The van der Waals surface area contributed by atoms with E-state index in [9.17, 15) is 13.6 Å². The Morgan fingerprint density at radius 2 is 1.54 bits per heavy atom. The highest BCUT2D eigenvalue weighted by Gasteiger charge is 2.14. The Bertz CT molecular complexity index is 985. The van der Waals surface area contributed by atoms with Crippen LogP contribution in [-0.2, 0) is 9.84 Å². The molecule has 5 nitrogen and oxygen atoms in total. The number of benzene rings is 2. The molecule has 1 heterocycles. The fourth-order valence-corrected chi connectivity index (χ4v) is 3.10. The van der Waals surface area contributed by atoms with Crippen molar-refractivity contribution < 1.29 is 13.3 Å². The van der Waals surface area contributed by atoms with E-state index in [4.69, 9.17) is 11.6 Å². The molecule has 0 spiro atoms. The summed E-state index contributed by atoms with van der Waals surface area (Å²) in [5.74, 6) is 0. The molecule has 0 bridgehead atoms. The van der Waals surface area contributed by atoms with E-state index in [1.165, 1.54) is 18.3 Å². The molecule has 24 heavy (non-hydrogen) atoms. The molecule has 0 aliphatic carbocycles. The Hall–Kier alpha value is -2.44. The van der Waals surface area contributed by atoms with Crippen LogP contribution in [0.15, 0.2) is 65.7 Å². The molecule has 0 amide bonds. The van der Waals surface area contributed by atoms with Crippen LogP contribution < -0.4 is 4.85 Å². The largest absolute Gasteiger partial charge is 0.594 e. The Labute approximate surface area is 144 Å². The minimum absolute atomic E-state index is 0.213. The summed E-state index contributed by atoms with van der Waals surface area (Å²) in [4.78, 5) is 0.685. The van der Waals surface area contributed by atoms with Crippen LogP contribution in [-0.4, -0.2) is 19.8 Å². The molecular weight excluding hydrogens is 348 g/mol. The van der Waals surface area contributed by atoms with Gasteiger partial charge >= 0.3 is 0 Å². The number of rotatable bonds is 3. The highest BCUT2D eigenvalue weighted by atomic mass is 35.5. The first-order chi connectivity index (χ1) is 11.3. The van der Waals surface area contributed by atoms with Gasteiger partial charge in [0.05, 0.1) is 4.90 Å². The smallest absolute Gasteiger partial charge is 0.210 e. The van der Waals surface area contributed by atoms with Gasteiger partial charge in [-0.3, -0.25) is 0 Å². The van der Waals surface area contributed by atoms with Gasteiger partial charge in [0.25, 0.3) is 0 Å². The van der Waals surface area contributed by atoms with Crippen LogP contribution in [0.3, 0.4) is 0 Å². The van der Waals surface area contributed by atoms with Crippen molar-refractivity contribution >= 4 is 21.4 Å². The average Bonchev–Trinajstić information content (AvgIpc) is 2.55.